The van der Waals surface area contributed by atoms with Crippen LogP contribution in [0.3, 0.4) is 0 Å². The monoisotopic (exact) mass is 491 g/mol. The van der Waals surface area contributed by atoms with E-state index < -0.39 is 6.04 Å². The van der Waals surface area contributed by atoms with Crippen LogP contribution in [-0.2, 0) is 22.6 Å². The fraction of sp³-hybridized carbons (Fsp3) is 0.286. The molecule has 1 heterocycles. The summed E-state index contributed by atoms with van der Waals surface area (Å²) in [7, 11) is 0. The number of ether oxygens (including phenoxy) is 1. The first-order valence-corrected chi connectivity index (χ1v) is 12.2. The number of nitrogens with zero attached hydrogens (tertiary/aromatic N) is 1. The van der Waals surface area contributed by atoms with Crippen LogP contribution in [0, 0.1) is 0 Å². The van der Waals surface area contributed by atoms with Crippen molar-refractivity contribution in [2.45, 2.75) is 25.6 Å². The maximum Gasteiger partial charge on any atom is 0.253 e. The minimum absolute atomic E-state index is 0.117. The van der Waals surface area contributed by atoms with Crippen LogP contribution >= 0.6 is 11.6 Å². The molecule has 7 heteroatoms. The van der Waals surface area contributed by atoms with E-state index in [9.17, 15) is 9.59 Å². The Morgan fingerprint density at radius 2 is 1.54 bits per heavy atom. The predicted octanol–water partition coefficient (Wildman–Crippen LogP) is 4.35. The second kappa shape index (κ2) is 12.5. The molecule has 3 aromatic carbocycles. The lowest BCUT2D eigenvalue weighted by Gasteiger charge is -2.27. The second-order valence-electron chi connectivity index (χ2n) is 8.55. The van der Waals surface area contributed by atoms with Gasteiger partial charge in [-0.15, -0.1) is 0 Å². The van der Waals surface area contributed by atoms with Crippen LogP contribution in [-0.4, -0.2) is 43.0 Å². The average molecular weight is 492 g/mol. The summed E-state index contributed by atoms with van der Waals surface area (Å²) in [4.78, 5) is 28.2. The quantitative estimate of drug-likeness (QED) is 0.467. The lowest BCUT2D eigenvalue weighted by molar-refractivity contribution is -0.121. The number of carbonyl (C=O) groups excluding carboxylic acids is 2. The summed E-state index contributed by atoms with van der Waals surface area (Å²) in [5, 5.41) is 6.40. The molecule has 4 rings (SSSR count). The van der Waals surface area contributed by atoms with Crippen LogP contribution in [0.5, 0.6) is 0 Å². The zero-order chi connectivity index (χ0) is 24.5. The van der Waals surface area contributed by atoms with E-state index in [1.165, 1.54) is 5.56 Å². The van der Waals surface area contributed by atoms with Crippen LogP contribution in [0.1, 0.15) is 39.5 Å². The molecule has 1 aliphatic rings. The molecule has 2 amide bonds. The first-order chi connectivity index (χ1) is 17.1. The van der Waals surface area contributed by atoms with Crippen molar-refractivity contribution in [2.75, 3.05) is 26.3 Å². The van der Waals surface area contributed by atoms with Gasteiger partial charge in [-0.05, 0) is 28.8 Å². The van der Waals surface area contributed by atoms with Crippen molar-refractivity contribution in [2.24, 2.45) is 0 Å². The van der Waals surface area contributed by atoms with Gasteiger partial charge in [-0.1, -0.05) is 78.3 Å². The molecule has 1 aliphatic heterocycles. The summed E-state index contributed by atoms with van der Waals surface area (Å²) < 4.78 is 5.45. The topological polar surface area (TPSA) is 70.7 Å². The van der Waals surface area contributed by atoms with Gasteiger partial charge in [-0.25, -0.2) is 0 Å². The Bertz CT molecular complexity index is 1130. The van der Waals surface area contributed by atoms with Crippen molar-refractivity contribution < 1.29 is 14.3 Å². The van der Waals surface area contributed by atoms with Gasteiger partial charge >= 0.3 is 0 Å². The molecule has 0 saturated carbocycles. The SMILES string of the molecule is O=C(CC(NC(=O)c1ccccc1Cl)c1ccccc1)NCc1ccccc1CN1CCOCC1. The standard InChI is InChI=1S/C28H30ClN3O3/c29-25-13-7-6-12-24(25)28(34)31-26(21-8-2-1-3-9-21)18-27(33)30-19-22-10-4-5-11-23(22)20-32-14-16-35-17-15-32/h1-13,26H,14-20H2,(H,30,33)(H,31,34). The molecular weight excluding hydrogens is 462 g/mol. The van der Waals surface area contributed by atoms with E-state index in [1.807, 2.05) is 48.5 Å². The number of rotatable bonds is 9. The summed E-state index contributed by atoms with van der Waals surface area (Å²) in [6.07, 6.45) is 0.117. The highest BCUT2D eigenvalue weighted by Gasteiger charge is 2.21. The summed E-state index contributed by atoms with van der Waals surface area (Å²) in [6.45, 7) is 4.57. The van der Waals surface area contributed by atoms with Gasteiger partial charge in [0.1, 0.15) is 0 Å². The summed E-state index contributed by atoms with van der Waals surface area (Å²) >= 11 is 6.21. The Balaban J connectivity index is 1.41. The number of hydrogen-bond acceptors (Lipinski definition) is 4. The van der Waals surface area contributed by atoms with Gasteiger partial charge in [0, 0.05) is 26.2 Å². The second-order valence-corrected chi connectivity index (χ2v) is 8.96. The van der Waals surface area contributed by atoms with E-state index >= 15 is 0 Å². The van der Waals surface area contributed by atoms with E-state index in [-0.39, 0.29) is 18.2 Å². The Labute approximate surface area is 211 Å². The molecule has 1 fully saturated rings. The third-order valence-electron chi connectivity index (χ3n) is 6.11. The zero-order valence-electron chi connectivity index (χ0n) is 19.6. The normalized spacial score (nSPS) is 14.8. The number of amides is 2. The lowest BCUT2D eigenvalue weighted by atomic mass is 10.0. The maximum absolute atomic E-state index is 13.0. The lowest BCUT2D eigenvalue weighted by Crippen LogP contribution is -2.36. The Hall–Kier alpha value is -3.19. The first-order valence-electron chi connectivity index (χ1n) is 11.8. The van der Waals surface area contributed by atoms with Gasteiger partial charge in [0.2, 0.25) is 5.91 Å². The molecule has 3 aromatic rings. The Morgan fingerprint density at radius 3 is 2.29 bits per heavy atom. The molecule has 0 spiro atoms. The van der Waals surface area contributed by atoms with Crippen LogP contribution < -0.4 is 10.6 Å². The zero-order valence-corrected chi connectivity index (χ0v) is 20.3. The van der Waals surface area contributed by atoms with Gasteiger partial charge in [-0.2, -0.15) is 0 Å². The average Bonchev–Trinajstić information content (AvgIpc) is 2.89. The molecule has 182 valence electrons. The Kier molecular flexibility index (Phi) is 8.90. The van der Waals surface area contributed by atoms with Crippen LogP contribution in [0.2, 0.25) is 5.02 Å². The van der Waals surface area contributed by atoms with Gasteiger partial charge in [0.25, 0.3) is 5.91 Å². The molecule has 1 saturated heterocycles. The molecule has 0 radical (unpaired) electrons. The molecule has 2 N–H and O–H groups in total. The minimum Gasteiger partial charge on any atom is -0.379 e. The van der Waals surface area contributed by atoms with E-state index in [1.54, 1.807) is 24.3 Å². The molecule has 0 aromatic heterocycles. The molecule has 1 atom stereocenters. The number of morpholine rings is 1. The van der Waals surface area contributed by atoms with Crippen LogP contribution in [0.4, 0.5) is 0 Å². The van der Waals surface area contributed by atoms with Gasteiger partial charge in [0.15, 0.2) is 0 Å². The largest absolute Gasteiger partial charge is 0.379 e. The summed E-state index contributed by atoms with van der Waals surface area (Å²) in [6, 6.07) is 24.1. The third-order valence-corrected chi connectivity index (χ3v) is 6.44. The fourth-order valence-electron chi connectivity index (χ4n) is 4.15. The first kappa shape index (κ1) is 24.9. The predicted molar refractivity (Wildman–Crippen MR) is 137 cm³/mol. The van der Waals surface area contributed by atoms with Crippen LogP contribution in [0.25, 0.3) is 0 Å². The maximum atomic E-state index is 13.0. The molecule has 35 heavy (non-hydrogen) atoms. The number of benzene rings is 3. The van der Waals surface area contributed by atoms with Crippen LogP contribution in [0.15, 0.2) is 78.9 Å². The minimum atomic E-state index is -0.483. The number of halogens is 1. The van der Waals surface area contributed by atoms with E-state index in [0.717, 1.165) is 44.0 Å². The van der Waals surface area contributed by atoms with E-state index in [2.05, 4.69) is 21.6 Å². The third kappa shape index (κ3) is 7.15. The van der Waals surface area contributed by atoms with Gasteiger partial charge < -0.3 is 15.4 Å². The summed E-state index contributed by atoms with van der Waals surface area (Å²) in [5.74, 6) is -0.451. The highest BCUT2D eigenvalue weighted by molar-refractivity contribution is 6.33. The molecule has 0 aliphatic carbocycles. The van der Waals surface area contributed by atoms with Crippen molar-refractivity contribution in [3.05, 3.63) is 106 Å². The fourth-order valence-corrected chi connectivity index (χ4v) is 4.38. The van der Waals surface area contributed by atoms with Crippen molar-refractivity contribution in [3.63, 3.8) is 0 Å². The highest BCUT2D eigenvalue weighted by atomic mass is 35.5. The van der Waals surface area contributed by atoms with Crippen molar-refractivity contribution >= 4 is 23.4 Å². The number of hydrogen-bond donors (Lipinski definition) is 2. The Morgan fingerprint density at radius 1 is 0.886 bits per heavy atom. The van der Waals surface area contributed by atoms with Crippen molar-refractivity contribution in [1.29, 1.82) is 0 Å². The van der Waals surface area contributed by atoms with Crippen molar-refractivity contribution in [3.8, 4) is 0 Å². The summed E-state index contributed by atoms with van der Waals surface area (Å²) in [5.41, 5.74) is 3.52. The number of carbonyl (C=O) groups is 2. The van der Waals surface area contributed by atoms with E-state index in [4.69, 9.17) is 16.3 Å². The van der Waals surface area contributed by atoms with E-state index in [0.29, 0.717) is 17.1 Å². The molecule has 0 bridgehead atoms. The smallest absolute Gasteiger partial charge is 0.253 e. The molecule has 1 unspecified atom stereocenters. The van der Waals surface area contributed by atoms with Gasteiger partial charge in [0.05, 0.1) is 36.3 Å². The molecular formula is C28H30ClN3O3. The van der Waals surface area contributed by atoms with Gasteiger partial charge in [-0.3, -0.25) is 14.5 Å². The van der Waals surface area contributed by atoms with Crippen molar-refractivity contribution in [1.82, 2.24) is 15.5 Å². The highest BCUT2D eigenvalue weighted by Crippen LogP contribution is 2.21. The molecule has 6 nitrogen and oxygen atoms in total. The number of nitrogens with one attached hydrogen (secondary N) is 2.